The number of hydrogen-bond donors (Lipinski definition) is 1. The Labute approximate surface area is 122 Å². The highest BCUT2D eigenvalue weighted by Crippen LogP contribution is 2.47. The van der Waals surface area contributed by atoms with Crippen LogP contribution in [0.1, 0.15) is 40.0 Å². The second-order valence-corrected chi connectivity index (χ2v) is 7.47. The van der Waals surface area contributed by atoms with Crippen molar-refractivity contribution in [3.05, 3.63) is 0 Å². The molecule has 2 rings (SSSR count). The predicted octanol–water partition coefficient (Wildman–Crippen LogP) is 1.91. The maximum atomic E-state index is 12.3. The van der Waals surface area contributed by atoms with Crippen LogP contribution >= 0.6 is 11.8 Å². The van der Waals surface area contributed by atoms with Crippen molar-refractivity contribution in [1.82, 2.24) is 4.90 Å². The number of ether oxygens (including phenoxy) is 1. The minimum absolute atomic E-state index is 0.0790. The number of thioether (sulfide) groups is 1. The number of likely N-dealkylation sites (tertiary alicyclic amines) is 1. The summed E-state index contributed by atoms with van der Waals surface area (Å²) in [7, 11) is 0. The molecule has 1 unspecified atom stereocenters. The van der Waals surface area contributed by atoms with E-state index in [1.54, 1.807) is 20.8 Å². The molecule has 112 valence electrons. The van der Waals surface area contributed by atoms with Crippen molar-refractivity contribution in [2.75, 3.05) is 6.54 Å². The van der Waals surface area contributed by atoms with Crippen molar-refractivity contribution in [2.45, 2.75) is 56.4 Å². The summed E-state index contributed by atoms with van der Waals surface area (Å²) < 4.78 is 5.35. The zero-order chi connectivity index (χ0) is 15.1. The molecule has 2 fully saturated rings. The van der Waals surface area contributed by atoms with Gasteiger partial charge in [-0.1, -0.05) is 11.8 Å². The molecule has 1 aliphatic heterocycles. The van der Waals surface area contributed by atoms with Crippen molar-refractivity contribution in [2.24, 2.45) is 5.73 Å². The average Bonchev–Trinajstić information content (AvgIpc) is 2.72. The van der Waals surface area contributed by atoms with Crippen molar-refractivity contribution in [1.29, 1.82) is 0 Å². The van der Waals surface area contributed by atoms with E-state index >= 15 is 0 Å². The number of primary amides is 1. The van der Waals surface area contributed by atoms with Crippen LogP contribution < -0.4 is 5.73 Å². The molecule has 20 heavy (non-hydrogen) atoms. The Hall–Kier alpha value is -1.24. The summed E-state index contributed by atoms with van der Waals surface area (Å²) in [5.74, 6) is -0.0790. The van der Waals surface area contributed by atoms with Gasteiger partial charge in [0.25, 0.3) is 5.24 Å². The molecule has 0 bridgehead atoms. The van der Waals surface area contributed by atoms with Crippen LogP contribution in [0.25, 0.3) is 0 Å². The number of nitrogens with zero attached hydrogens (tertiary/aromatic N) is 1. The normalized spacial score (nSPS) is 29.4. The first kappa shape index (κ1) is 15.2. The number of Topliss-reactive ketones (excluding diaryl/α,β-unsaturated/α-hetero) is 1. The van der Waals surface area contributed by atoms with Gasteiger partial charge in [-0.2, -0.15) is 0 Å². The Balaban J connectivity index is 2.07. The molecule has 0 aromatic heterocycles. The molecule has 1 spiro atoms. The monoisotopic (exact) mass is 300 g/mol. The number of hydrogen-bond acceptors (Lipinski definition) is 5. The molecule has 2 N–H and O–H groups in total. The second kappa shape index (κ2) is 4.95. The molecular weight excluding hydrogens is 280 g/mol. The summed E-state index contributed by atoms with van der Waals surface area (Å²) in [6.07, 6.45) is 1.45. The van der Waals surface area contributed by atoms with Crippen LogP contribution in [-0.2, 0) is 9.53 Å². The van der Waals surface area contributed by atoms with Crippen molar-refractivity contribution in [3.8, 4) is 0 Å². The van der Waals surface area contributed by atoms with Gasteiger partial charge in [-0.25, -0.2) is 4.79 Å². The van der Waals surface area contributed by atoms with Gasteiger partial charge in [-0.05, 0) is 40.0 Å². The van der Waals surface area contributed by atoms with Gasteiger partial charge in [0.2, 0.25) is 0 Å². The molecule has 1 aliphatic carbocycles. The molecule has 6 nitrogen and oxygen atoms in total. The lowest BCUT2D eigenvalue weighted by atomic mass is 9.73. The van der Waals surface area contributed by atoms with Crippen molar-refractivity contribution < 1.29 is 19.1 Å². The van der Waals surface area contributed by atoms with Crippen molar-refractivity contribution in [3.63, 3.8) is 0 Å². The molecule has 1 heterocycles. The molecule has 0 aromatic rings. The summed E-state index contributed by atoms with van der Waals surface area (Å²) in [5, 5.41) is -0.976. The number of nitrogens with two attached hydrogens (primary N) is 1. The molecule has 1 saturated heterocycles. The lowest BCUT2D eigenvalue weighted by molar-refractivity contribution is -0.137. The molecule has 0 radical (unpaired) electrons. The Morgan fingerprint density at radius 2 is 2.10 bits per heavy atom. The fraction of sp³-hybridized carbons (Fsp3) is 0.769. The third kappa shape index (κ3) is 2.63. The maximum absolute atomic E-state index is 12.3. The highest BCUT2D eigenvalue weighted by Gasteiger charge is 2.61. The largest absolute Gasteiger partial charge is 0.444 e. The molecule has 0 aromatic carbocycles. The minimum atomic E-state index is -0.768. The van der Waals surface area contributed by atoms with E-state index < -0.39 is 27.7 Å². The van der Waals surface area contributed by atoms with E-state index in [-0.39, 0.29) is 5.78 Å². The zero-order valence-corrected chi connectivity index (χ0v) is 12.8. The topological polar surface area (TPSA) is 89.7 Å². The molecule has 2 aliphatic rings. The highest BCUT2D eigenvalue weighted by atomic mass is 32.2. The average molecular weight is 300 g/mol. The third-order valence-corrected chi connectivity index (χ3v) is 4.53. The number of ketones is 1. The molecule has 7 heteroatoms. The van der Waals surface area contributed by atoms with Gasteiger partial charge in [0, 0.05) is 6.54 Å². The molecule has 2 amide bonds. The van der Waals surface area contributed by atoms with Gasteiger partial charge in [0.15, 0.2) is 5.78 Å². The van der Waals surface area contributed by atoms with Crippen LogP contribution in [0.3, 0.4) is 0 Å². The Kier molecular flexibility index (Phi) is 3.75. The van der Waals surface area contributed by atoms with Crippen LogP contribution in [0.2, 0.25) is 0 Å². The fourth-order valence-electron chi connectivity index (χ4n) is 2.83. The fourth-order valence-corrected chi connectivity index (χ4v) is 3.80. The lowest BCUT2D eigenvalue weighted by Crippen LogP contribution is -2.65. The quantitative estimate of drug-likeness (QED) is 0.799. The van der Waals surface area contributed by atoms with Gasteiger partial charge in [0.05, 0.1) is 5.25 Å². The molecular formula is C13H20N2O4S. The van der Waals surface area contributed by atoms with E-state index in [2.05, 4.69) is 0 Å². The first-order valence-electron chi connectivity index (χ1n) is 6.67. The maximum Gasteiger partial charge on any atom is 0.411 e. The Morgan fingerprint density at radius 3 is 2.60 bits per heavy atom. The Bertz CT molecular complexity index is 460. The van der Waals surface area contributed by atoms with Gasteiger partial charge in [0.1, 0.15) is 11.1 Å². The van der Waals surface area contributed by atoms with E-state index in [1.807, 2.05) is 0 Å². The summed E-state index contributed by atoms with van der Waals surface area (Å²) in [5.41, 5.74) is 3.74. The Morgan fingerprint density at radius 1 is 1.45 bits per heavy atom. The predicted molar refractivity (Wildman–Crippen MR) is 75.5 cm³/mol. The second-order valence-electron chi connectivity index (χ2n) is 6.26. The summed E-state index contributed by atoms with van der Waals surface area (Å²) in [6.45, 7) is 5.90. The third-order valence-electron chi connectivity index (χ3n) is 3.64. The minimum Gasteiger partial charge on any atom is -0.444 e. The van der Waals surface area contributed by atoms with E-state index in [0.29, 0.717) is 19.4 Å². The van der Waals surface area contributed by atoms with Crippen LogP contribution in [0.15, 0.2) is 0 Å². The molecule has 2 atom stereocenters. The summed E-state index contributed by atoms with van der Waals surface area (Å²) >= 11 is 0.848. The highest BCUT2D eigenvalue weighted by molar-refractivity contribution is 8.14. The van der Waals surface area contributed by atoms with Gasteiger partial charge >= 0.3 is 6.09 Å². The number of carbonyl (C=O) groups is 3. The molecule has 1 saturated carbocycles. The van der Waals surface area contributed by atoms with Crippen LogP contribution in [0, 0.1) is 0 Å². The number of rotatable bonds is 1. The van der Waals surface area contributed by atoms with Gasteiger partial charge in [-0.3, -0.25) is 14.5 Å². The van der Waals surface area contributed by atoms with Gasteiger partial charge < -0.3 is 10.5 Å². The summed E-state index contributed by atoms with van der Waals surface area (Å²) in [4.78, 5) is 36.9. The number of carbonyl (C=O) groups excluding carboxylic acids is 3. The van der Waals surface area contributed by atoms with Crippen LogP contribution in [-0.4, -0.2) is 45.0 Å². The zero-order valence-electron chi connectivity index (χ0n) is 12.0. The van der Waals surface area contributed by atoms with E-state index in [0.717, 1.165) is 18.2 Å². The van der Waals surface area contributed by atoms with Crippen molar-refractivity contribution >= 4 is 28.9 Å². The van der Waals surface area contributed by atoms with E-state index in [9.17, 15) is 14.4 Å². The SMILES string of the molecule is CC(C)(C)OC(=O)N1CCCC12C[C@@H](SC(N)=O)C2=O. The number of amides is 2. The van der Waals surface area contributed by atoms with Crippen LogP contribution in [0.4, 0.5) is 9.59 Å². The van der Waals surface area contributed by atoms with E-state index in [1.165, 1.54) is 4.90 Å². The lowest BCUT2D eigenvalue weighted by Gasteiger charge is -2.47. The standard InChI is InChI=1S/C13H20N2O4S/c1-12(2,3)19-11(18)15-6-4-5-13(15)7-8(9(13)16)20-10(14)17/h8H,4-7H2,1-3H3,(H2,14,17)/t8-,13?/m1/s1. The first-order valence-corrected chi connectivity index (χ1v) is 7.55. The summed E-state index contributed by atoms with van der Waals surface area (Å²) in [6, 6.07) is 0. The van der Waals surface area contributed by atoms with E-state index in [4.69, 9.17) is 10.5 Å². The van der Waals surface area contributed by atoms with Gasteiger partial charge in [-0.15, -0.1) is 0 Å². The first-order chi connectivity index (χ1) is 9.16. The smallest absolute Gasteiger partial charge is 0.411 e. The van der Waals surface area contributed by atoms with Crippen LogP contribution in [0.5, 0.6) is 0 Å².